The van der Waals surface area contributed by atoms with Crippen LogP contribution in [0.1, 0.15) is 48.0 Å². The first-order valence-corrected chi connectivity index (χ1v) is 5.78. The van der Waals surface area contributed by atoms with Gasteiger partial charge >= 0.3 is 0 Å². The van der Waals surface area contributed by atoms with E-state index in [1.165, 1.54) is 0 Å². The van der Waals surface area contributed by atoms with Crippen LogP contribution in [0.2, 0.25) is 0 Å². The Morgan fingerprint density at radius 3 is 2.00 bits per heavy atom. The number of rotatable bonds is 4. The van der Waals surface area contributed by atoms with Gasteiger partial charge in [-0.05, 0) is 11.3 Å². The lowest BCUT2D eigenvalue weighted by Gasteiger charge is -2.26. The molecule has 0 spiro atoms. The van der Waals surface area contributed by atoms with Gasteiger partial charge in [-0.15, -0.1) is 0 Å². The molecule has 3 N–H and O–H groups in total. The molecule has 0 aliphatic carbocycles. The quantitative estimate of drug-likeness (QED) is 0.771. The third-order valence-corrected chi connectivity index (χ3v) is 2.43. The molecule has 0 bridgehead atoms. The molecule has 4 nitrogen and oxygen atoms in total. The molecular formula is C12H26N2O2. The van der Waals surface area contributed by atoms with E-state index in [9.17, 15) is 9.59 Å². The van der Waals surface area contributed by atoms with Crippen LogP contribution in [0.25, 0.3) is 0 Å². The molecule has 0 aliphatic heterocycles. The molecule has 4 heteroatoms. The molecule has 0 heterocycles. The summed E-state index contributed by atoms with van der Waals surface area (Å²) >= 11 is 0. The van der Waals surface area contributed by atoms with E-state index in [1.807, 2.05) is 20.8 Å². The Bertz CT molecular complexity index is 220. The van der Waals surface area contributed by atoms with E-state index in [2.05, 4.69) is 26.1 Å². The number of carbonyl (C=O) groups excluding carboxylic acids is 2. The van der Waals surface area contributed by atoms with Gasteiger partial charge < -0.3 is 11.1 Å². The van der Waals surface area contributed by atoms with Crippen LogP contribution in [0.3, 0.4) is 0 Å². The molecule has 0 rings (SSSR count). The van der Waals surface area contributed by atoms with Crippen LogP contribution in [0.5, 0.6) is 0 Å². The molecular weight excluding hydrogens is 204 g/mol. The zero-order valence-corrected chi connectivity index (χ0v) is 11.4. The van der Waals surface area contributed by atoms with E-state index in [0.717, 1.165) is 0 Å². The summed E-state index contributed by atoms with van der Waals surface area (Å²) in [7, 11) is 0. The summed E-state index contributed by atoms with van der Waals surface area (Å²) < 4.78 is 0. The van der Waals surface area contributed by atoms with Crippen LogP contribution >= 0.6 is 0 Å². The molecule has 0 saturated carbocycles. The second kappa shape index (κ2) is 8.13. The Morgan fingerprint density at radius 1 is 1.25 bits per heavy atom. The maximum atomic E-state index is 11.3. The van der Waals surface area contributed by atoms with Crippen molar-refractivity contribution >= 4 is 11.8 Å². The standard InChI is InChI=1S/C10H20N2O2.C2H6/c1-7(10(2,3)4)5-9(14)12-6-8(11)13;1-2/h7H,5-6H2,1-4H3,(H2,11,13)(H,12,14);1-2H3/t7-;/m1./s1. The predicted octanol–water partition coefficient (Wildman–Crippen LogP) is 1.69. The van der Waals surface area contributed by atoms with Crippen LogP contribution in [-0.4, -0.2) is 18.4 Å². The summed E-state index contributed by atoms with van der Waals surface area (Å²) in [6, 6.07) is 0. The fourth-order valence-electron chi connectivity index (χ4n) is 0.842. The highest BCUT2D eigenvalue weighted by molar-refractivity contribution is 5.83. The number of carbonyl (C=O) groups is 2. The van der Waals surface area contributed by atoms with Crippen molar-refractivity contribution in [1.29, 1.82) is 0 Å². The molecule has 96 valence electrons. The summed E-state index contributed by atoms with van der Waals surface area (Å²) in [6.45, 7) is 12.2. The van der Waals surface area contributed by atoms with E-state index in [1.54, 1.807) is 0 Å². The van der Waals surface area contributed by atoms with Gasteiger partial charge in [-0.25, -0.2) is 0 Å². The number of nitrogens with two attached hydrogens (primary N) is 1. The zero-order chi connectivity index (χ0) is 13.4. The van der Waals surface area contributed by atoms with Crippen molar-refractivity contribution in [2.45, 2.75) is 48.0 Å². The summed E-state index contributed by atoms with van der Waals surface area (Å²) in [5, 5.41) is 2.47. The molecule has 1 atom stereocenters. The van der Waals surface area contributed by atoms with Crippen LogP contribution in [0.15, 0.2) is 0 Å². The smallest absolute Gasteiger partial charge is 0.236 e. The number of hydrogen-bond acceptors (Lipinski definition) is 2. The van der Waals surface area contributed by atoms with Gasteiger partial charge in [0.1, 0.15) is 0 Å². The second-order valence-corrected chi connectivity index (χ2v) is 4.71. The Balaban J connectivity index is 0. The van der Waals surface area contributed by atoms with Crippen LogP contribution in [-0.2, 0) is 9.59 Å². The van der Waals surface area contributed by atoms with Crippen LogP contribution in [0.4, 0.5) is 0 Å². The Hall–Kier alpha value is -1.06. The SMILES string of the molecule is CC.C[C@H](CC(=O)NCC(N)=O)C(C)(C)C. The highest BCUT2D eigenvalue weighted by atomic mass is 16.2. The van der Waals surface area contributed by atoms with Crippen LogP contribution in [0, 0.1) is 11.3 Å². The lowest BCUT2D eigenvalue weighted by Crippen LogP contribution is -2.35. The summed E-state index contributed by atoms with van der Waals surface area (Å²) in [4.78, 5) is 21.7. The van der Waals surface area contributed by atoms with Crippen LogP contribution < -0.4 is 11.1 Å². The van der Waals surface area contributed by atoms with E-state index < -0.39 is 5.91 Å². The topological polar surface area (TPSA) is 72.2 Å². The van der Waals surface area contributed by atoms with Gasteiger partial charge in [-0.2, -0.15) is 0 Å². The number of nitrogens with one attached hydrogen (secondary N) is 1. The fraction of sp³-hybridized carbons (Fsp3) is 0.833. The summed E-state index contributed by atoms with van der Waals surface area (Å²) in [5.41, 5.74) is 5.00. The van der Waals surface area contributed by atoms with E-state index >= 15 is 0 Å². The van der Waals surface area contributed by atoms with Crippen molar-refractivity contribution in [2.24, 2.45) is 17.1 Å². The summed E-state index contributed by atoms with van der Waals surface area (Å²) in [5.74, 6) is -0.358. The lowest BCUT2D eigenvalue weighted by atomic mass is 9.80. The van der Waals surface area contributed by atoms with E-state index in [4.69, 9.17) is 5.73 Å². The molecule has 0 saturated heterocycles. The normalized spacial score (nSPS) is 12.1. The van der Waals surface area contributed by atoms with Crippen molar-refractivity contribution in [3.63, 3.8) is 0 Å². The van der Waals surface area contributed by atoms with Crippen molar-refractivity contribution in [3.05, 3.63) is 0 Å². The molecule has 16 heavy (non-hydrogen) atoms. The summed E-state index contributed by atoms with van der Waals surface area (Å²) in [6.07, 6.45) is 0.427. The zero-order valence-electron chi connectivity index (χ0n) is 11.4. The minimum Gasteiger partial charge on any atom is -0.368 e. The number of amides is 2. The molecule has 0 aliphatic rings. The number of primary amides is 1. The molecule has 0 unspecified atom stereocenters. The largest absolute Gasteiger partial charge is 0.368 e. The van der Waals surface area contributed by atoms with Crippen molar-refractivity contribution < 1.29 is 9.59 Å². The third kappa shape index (κ3) is 9.49. The molecule has 0 radical (unpaired) electrons. The molecule has 2 amide bonds. The van der Waals surface area contributed by atoms with E-state index in [0.29, 0.717) is 6.42 Å². The number of hydrogen-bond donors (Lipinski definition) is 2. The first-order valence-electron chi connectivity index (χ1n) is 5.78. The van der Waals surface area contributed by atoms with Crippen molar-refractivity contribution in [2.75, 3.05) is 6.54 Å². The minimum atomic E-state index is -0.512. The highest BCUT2D eigenvalue weighted by Gasteiger charge is 2.22. The molecule has 0 fully saturated rings. The van der Waals surface area contributed by atoms with Gasteiger partial charge in [-0.3, -0.25) is 9.59 Å². The Kier molecular flexibility index (Phi) is 8.81. The maximum Gasteiger partial charge on any atom is 0.236 e. The average molecular weight is 230 g/mol. The van der Waals surface area contributed by atoms with Crippen molar-refractivity contribution in [1.82, 2.24) is 5.32 Å². The van der Waals surface area contributed by atoms with Gasteiger partial charge in [-0.1, -0.05) is 41.5 Å². The first-order chi connectivity index (χ1) is 7.23. The fourth-order valence-corrected chi connectivity index (χ4v) is 0.842. The first kappa shape index (κ1) is 17.3. The van der Waals surface area contributed by atoms with Gasteiger partial charge in [0, 0.05) is 6.42 Å². The highest BCUT2D eigenvalue weighted by Crippen LogP contribution is 2.27. The van der Waals surface area contributed by atoms with Gasteiger partial charge in [0.25, 0.3) is 0 Å². The molecule has 0 aromatic rings. The van der Waals surface area contributed by atoms with Crippen molar-refractivity contribution in [3.8, 4) is 0 Å². The Labute approximate surface area is 99.0 Å². The molecule has 0 aromatic carbocycles. The van der Waals surface area contributed by atoms with Gasteiger partial charge in [0.05, 0.1) is 6.54 Å². The second-order valence-electron chi connectivity index (χ2n) is 4.71. The lowest BCUT2D eigenvalue weighted by molar-refractivity contribution is -0.125. The Morgan fingerprint density at radius 2 is 1.69 bits per heavy atom. The van der Waals surface area contributed by atoms with Gasteiger partial charge in [0.15, 0.2) is 0 Å². The monoisotopic (exact) mass is 230 g/mol. The maximum absolute atomic E-state index is 11.3. The minimum absolute atomic E-state index is 0.0737. The average Bonchev–Trinajstić information content (AvgIpc) is 2.16. The van der Waals surface area contributed by atoms with Gasteiger partial charge in [0.2, 0.25) is 11.8 Å². The molecule has 0 aromatic heterocycles. The predicted molar refractivity (Wildman–Crippen MR) is 66.8 cm³/mol. The third-order valence-electron chi connectivity index (χ3n) is 2.43. The van der Waals surface area contributed by atoms with E-state index in [-0.39, 0.29) is 23.8 Å².